The lowest BCUT2D eigenvalue weighted by Crippen LogP contribution is -2.67. The van der Waals surface area contributed by atoms with E-state index in [-0.39, 0.29) is 11.1 Å². The number of unbranched alkanes of at least 4 members (excludes halogenated alkanes) is 9. The van der Waals surface area contributed by atoms with Crippen molar-refractivity contribution in [1.82, 2.24) is 0 Å². The Morgan fingerprint density at radius 1 is 0.730 bits per heavy atom. The molecule has 3 heteroatoms. The van der Waals surface area contributed by atoms with Crippen LogP contribution in [0.5, 0.6) is 0 Å². The summed E-state index contributed by atoms with van der Waals surface area (Å²) in [6.07, 6.45) is 20.6. The van der Waals surface area contributed by atoms with Crippen LogP contribution in [0.15, 0.2) is 72.8 Å². The van der Waals surface area contributed by atoms with Gasteiger partial charge in [-0.2, -0.15) is 0 Å². The normalized spacial score (nSPS) is 13.3. The molecule has 0 spiro atoms. The van der Waals surface area contributed by atoms with Crippen LogP contribution in [0, 0.1) is 0 Å². The van der Waals surface area contributed by atoms with Gasteiger partial charge in [-0.25, -0.2) is 0 Å². The highest BCUT2D eigenvalue weighted by Gasteiger charge is 2.51. The minimum atomic E-state index is -2.53. The van der Waals surface area contributed by atoms with Crippen molar-refractivity contribution in [3.8, 4) is 0 Å². The van der Waals surface area contributed by atoms with Crippen molar-refractivity contribution in [3.63, 3.8) is 0 Å². The van der Waals surface area contributed by atoms with Gasteiger partial charge in [-0.3, -0.25) is 0 Å². The van der Waals surface area contributed by atoms with Crippen molar-refractivity contribution in [2.75, 3.05) is 6.61 Å². The maximum absolute atomic E-state index is 8.92. The van der Waals surface area contributed by atoms with Gasteiger partial charge in [0.05, 0.1) is 0 Å². The van der Waals surface area contributed by atoms with Gasteiger partial charge in [0.25, 0.3) is 8.32 Å². The number of aliphatic hydroxyl groups excluding tert-OH is 1. The van der Waals surface area contributed by atoms with Crippen LogP contribution < -0.4 is 10.4 Å². The third-order valence-corrected chi connectivity index (χ3v) is 12.6. The lowest BCUT2D eigenvalue weighted by Gasteiger charge is -2.45. The van der Waals surface area contributed by atoms with Crippen LogP contribution in [0.2, 0.25) is 5.04 Å². The maximum Gasteiger partial charge on any atom is 0.261 e. The van der Waals surface area contributed by atoms with Crippen molar-refractivity contribution in [2.24, 2.45) is 0 Å². The Hall–Kier alpha value is -1.68. The summed E-state index contributed by atoms with van der Waals surface area (Å²) in [7, 11) is -2.53. The van der Waals surface area contributed by atoms with Crippen LogP contribution >= 0.6 is 0 Å². The standard InChI is InChI=1S/C34H54O2Si/c1-5-6-7-17-24-31(25-18-13-11-9-8-10-12-14-23-30-35)36-37(34(2,3)4,32-26-19-15-20-27-32)33-28-21-16-22-29-33/h13,15-16,18-22,26-29,31,35H,5-12,14,17,23-25,30H2,1-4H3/b18-13+. The molecule has 0 saturated heterocycles. The molecule has 2 rings (SSSR count). The van der Waals surface area contributed by atoms with E-state index in [4.69, 9.17) is 9.53 Å². The molecule has 0 aromatic heterocycles. The number of hydrogen-bond acceptors (Lipinski definition) is 2. The first kappa shape index (κ1) is 31.5. The molecule has 0 aliphatic rings. The molecule has 2 nitrogen and oxygen atoms in total. The zero-order valence-corrected chi connectivity index (χ0v) is 25.3. The summed E-state index contributed by atoms with van der Waals surface area (Å²) >= 11 is 0. The monoisotopic (exact) mass is 522 g/mol. The molecule has 206 valence electrons. The number of aliphatic hydroxyl groups is 1. The molecule has 1 atom stereocenters. The van der Waals surface area contributed by atoms with E-state index < -0.39 is 8.32 Å². The molecule has 0 saturated carbocycles. The first-order valence-corrected chi connectivity index (χ1v) is 16.9. The van der Waals surface area contributed by atoms with E-state index in [2.05, 4.69) is 101 Å². The molecular formula is C34H54O2Si. The molecule has 0 aliphatic carbocycles. The topological polar surface area (TPSA) is 29.5 Å². The molecule has 37 heavy (non-hydrogen) atoms. The lowest BCUT2D eigenvalue weighted by atomic mass is 10.1. The van der Waals surface area contributed by atoms with E-state index >= 15 is 0 Å². The highest BCUT2D eigenvalue weighted by atomic mass is 28.4. The second-order valence-electron chi connectivity index (χ2n) is 11.6. The molecule has 0 amide bonds. The molecule has 1 N–H and O–H groups in total. The van der Waals surface area contributed by atoms with Crippen molar-refractivity contribution < 1.29 is 9.53 Å². The molecule has 0 heterocycles. The van der Waals surface area contributed by atoms with E-state index in [1.807, 2.05) is 0 Å². The van der Waals surface area contributed by atoms with Gasteiger partial charge < -0.3 is 9.53 Å². The van der Waals surface area contributed by atoms with E-state index in [0.29, 0.717) is 6.61 Å². The van der Waals surface area contributed by atoms with Gasteiger partial charge >= 0.3 is 0 Å². The number of benzene rings is 2. The Balaban J connectivity index is 2.18. The van der Waals surface area contributed by atoms with E-state index in [1.165, 1.54) is 61.7 Å². The molecule has 0 fully saturated rings. The summed E-state index contributed by atoms with van der Waals surface area (Å²) in [5.74, 6) is 0. The first-order valence-electron chi connectivity index (χ1n) is 15.0. The van der Waals surface area contributed by atoms with Gasteiger partial charge in [0.2, 0.25) is 0 Å². The van der Waals surface area contributed by atoms with Gasteiger partial charge in [-0.1, -0.05) is 152 Å². The quantitative estimate of drug-likeness (QED) is 0.114. The molecule has 2 aromatic rings. The van der Waals surface area contributed by atoms with Crippen molar-refractivity contribution in [3.05, 3.63) is 72.8 Å². The van der Waals surface area contributed by atoms with Crippen molar-refractivity contribution >= 4 is 18.7 Å². The minimum absolute atomic E-state index is 0.0110. The maximum atomic E-state index is 8.92. The van der Waals surface area contributed by atoms with Crippen LogP contribution in [-0.2, 0) is 4.43 Å². The zero-order chi connectivity index (χ0) is 26.8. The fourth-order valence-electron chi connectivity index (χ4n) is 5.41. The number of rotatable bonds is 19. The largest absolute Gasteiger partial charge is 0.404 e. The van der Waals surface area contributed by atoms with Crippen molar-refractivity contribution in [2.45, 2.75) is 122 Å². The Morgan fingerprint density at radius 2 is 1.27 bits per heavy atom. The Bertz CT molecular complexity index is 802. The fraction of sp³-hybridized carbons (Fsp3) is 0.588. The average molecular weight is 523 g/mol. The molecule has 0 aliphatic heterocycles. The minimum Gasteiger partial charge on any atom is -0.404 e. The smallest absolute Gasteiger partial charge is 0.261 e. The Kier molecular flexibility index (Phi) is 15.1. The summed E-state index contributed by atoms with van der Waals surface area (Å²) < 4.78 is 7.50. The summed E-state index contributed by atoms with van der Waals surface area (Å²) in [5, 5.41) is 11.7. The molecule has 2 aromatic carbocycles. The Morgan fingerprint density at radius 3 is 1.81 bits per heavy atom. The van der Waals surface area contributed by atoms with Gasteiger partial charge in [-0.05, 0) is 47.5 Å². The predicted octanol–water partition coefficient (Wildman–Crippen LogP) is 8.57. The molecular weight excluding hydrogens is 468 g/mol. The van der Waals surface area contributed by atoms with E-state index in [9.17, 15) is 0 Å². The van der Waals surface area contributed by atoms with Crippen LogP contribution in [0.3, 0.4) is 0 Å². The summed E-state index contributed by atoms with van der Waals surface area (Å²) in [6.45, 7) is 9.75. The third kappa shape index (κ3) is 10.5. The average Bonchev–Trinajstić information content (AvgIpc) is 2.90. The van der Waals surface area contributed by atoms with Gasteiger partial charge in [0.1, 0.15) is 0 Å². The third-order valence-electron chi connectivity index (χ3n) is 7.48. The van der Waals surface area contributed by atoms with Crippen LogP contribution in [-0.4, -0.2) is 26.1 Å². The van der Waals surface area contributed by atoms with Gasteiger partial charge in [-0.15, -0.1) is 0 Å². The first-order chi connectivity index (χ1) is 18.0. The highest BCUT2D eigenvalue weighted by Crippen LogP contribution is 2.38. The SMILES string of the molecule is CCCCCCC(C/C=C/CCCCCCCCO)O[Si](c1ccccc1)(c1ccccc1)C(C)(C)C. The van der Waals surface area contributed by atoms with Crippen LogP contribution in [0.25, 0.3) is 0 Å². The molecule has 0 bridgehead atoms. The number of hydrogen-bond donors (Lipinski definition) is 1. The molecule has 0 radical (unpaired) electrons. The van der Waals surface area contributed by atoms with E-state index in [0.717, 1.165) is 32.1 Å². The highest BCUT2D eigenvalue weighted by molar-refractivity contribution is 6.99. The fourth-order valence-corrected chi connectivity index (χ4v) is 10.1. The lowest BCUT2D eigenvalue weighted by molar-refractivity contribution is 0.176. The second-order valence-corrected chi connectivity index (χ2v) is 15.8. The predicted molar refractivity (Wildman–Crippen MR) is 164 cm³/mol. The zero-order valence-electron chi connectivity index (χ0n) is 24.3. The van der Waals surface area contributed by atoms with E-state index in [1.54, 1.807) is 0 Å². The summed E-state index contributed by atoms with van der Waals surface area (Å²) in [4.78, 5) is 0. The summed E-state index contributed by atoms with van der Waals surface area (Å²) in [6, 6.07) is 22.1. The second kappa shape index (κ2) is 17.8. The van der Waals surface area contributed by atoms with Crippen molar-refractivity contribution in [1.29, 1.82) is 0 Å². The van der Waals surface area contributed by atoms with Gasteiger partial charge in [0, 0.05) is 12.7 Å². The van der Waals surface area contributed by atoms with Crippen LogP contribution in [0.4, 0.5) is 0 Å². The van der Waals surface area contributed by atoms with Crippen LogP contribution in [0.1, 0.15) is 111 Å². The molecule has 1 unspecified atom stereocenters. The number of allylic oxidation sites excluding steroid dienone is 1. The summed E-state index contributed by atoms with van der Waals surface area (Å²) in [5.41, 5.74) is 0. The Labute approximate surface area is 229 Å². The van der Waals surface area contributed by atoms with Gasteiger partial charge in [0.15, 0.2) is 0 Å².